The van der Waals surface area contributed by atoms with E-state index in [0.717, 1.165) is 17.3 Å². The van der Waals surface area contributed by atoms with E-state index in [9.17, 15) is 9.59 Å². The lowest BCUT2D eigenvalue weighted by Gasteiger charge is -2.16. The number of carbonyl (C=O) groups is 1. The lowest BCUT2D eigenvalue weighted by Crippen LogP contribution is -2.16. The normalized spacial score (nSPS) is 16.5. The summed E-state index contributed by atoms with van der Waals surface area (Å²) in [6, 6.07) is 6.91. The van der Waals surface area contributed by atoms with Crippen molar-refractivity contribution in [2.75, 3.05) is 0 Å². The number of ether oxygens (including phenoxy) is 1. The smallest absolute Gasteiger partial charge is 0.348 e. The highest BCUT2D eigenvalue weighted by molar-refractivity contribution is 9.10. The summed E-state index contributed by atoms with van der Waals surface area (Å²) in [6.07, 6.45) is 4.89. The maximum Gasteiger partial charge on any atom is 0.348 e. The molecule has 0 bridgehead atoms. The lowest BCUT2D eigenvalue weighted by atomic mass is 9.90. The molecular weight excluding hydrogens is 416 g/mol. The van der Waals surface area contributed by atoms with Crippen molar-refractivity contribution < 1.29 is 9.53 Å². The second-order valence-electron chi connectivity index (χ2n) is 6.64. The fourth-order valence-corrected chi connectivity index (χ4v) is 4.66. The van der Waals surface area contributed by atoms with Gasteiger partial charge in [-0.1, -0.05) is 6.92 Å². The van der Waals surface area contributed by atoms with Crippen molar-refractivity contribution in [1.82, 2.24) is 9.38 Å². The van der Waals surface area contributed by atoms with E-state index in [0.29, 0.717) is 22.1 Å². The van der Waals surface area contributed by atoms with E-state index in [2.05, 4.69) is 27.8 Å². The molecule has 134 valence electrons. The summed E-state index contributed by atoms with van der Waals surface area (Å²) < 4.78 is 7.64. The summed E-state index contributed by atoms with van der Waals surface area (Å²) in [7, 11) is 0. The quantitative estimate of drug-likeness (QED) is 0.586. The van der Waals surface area contributed by atoms with Crippen LogP contribution in [-0.2, 0) is 24.2 Å². The number of rotatable bonds is 3. The molecule has 7 heteroatoms. The standard InChI is InChI=1S/C19H17BrN2O3S/c1-11-2-4-15-12(6-11)7-16(26-15)19(24)25-10-14-8-18(23)22-9-13(20)3-5-17(22)21-14/h3,5,7-9,11H,2,4,6,10H2,1H3/t11-/m0/s1. The molecule has 3 aromatic heterocycles. The number of esters is 1. The molecule has 1 aliphatic carbocycles. The van der Waals surface area contributed by atoms with Gasteiger partial charge in [0.1, 0.15) is 17.1 Å². The minimum absolute atomic E-state index is 0.0143. The van der Waals surface area contributed by atoms with Gasteiger partial charge in [-0.2, -0.15) is 0 Å². The van der Waals surface area contributed by atoms with Crippen molar-refractivity contribution in [1.29, 1.82) is 0 Å². The zero-order valence-electron chi connectivity index (χ0n) is 14.2. The predicted molar refractivity (Wildman–Crippen MR) is 104 cm³/mol. The summed E-state index contributed by atoms with van der Waals surface area (Å²) in [6.45, 7) is 2.22. The number of carbonyl (C=O) groups excluding carboxylic acids is 1. The van der Waals surface area contributed by atoms with Crippen molar-refractivity contribution in [3.63, 3.8) is 0 Å². The van der Waals surface area contributed by atoms with E-state index in [4.69, 9.17) is 4.74 Å². The minimum atomic E-state index is -0.352. The Morgan fingerprint density at radius 2 is 2.27 bits per heavy atom. The largest absolute Gasteiger partial charge is 0.455 e. The van der Waals surface area contributed by atoms with E-state index in [-0.39, 0.29) is 18.1 Å². The van der Waals surface area contributed by atoms with Crippen LogP contribution < -0.4 is 5.56 Å². The Morgan fingerprint density at radius 1 is 1.42 bits per heavy atom. The van der Waals surface area contributed by atoms with Crippen LogP contribution in [0.5, 0.6) is 0 Å². The second kappa shape index (κ2) is 6.96. The van der Waals surface area contributed by atoms with Gasteiger partial charge >= 0.3 is 5.97 Å². The summed E-state index contributed by atoms with van der Waals surface area (Å²) >= 11 is 4.85. The number of nitrogens with zero attached hydrogens (tertiary/aromatic N) is 2. The number of fused-ring (bicyclic) bond motifs is 2. The van der Waals surface area contributed by atoms with Crippen LogP contribution in [0.3, 0.4) is 0 Å². The Bertz CT molecular complexity index is 1060. The Balaban J connectivity index is 1.50. The minimum Gasteiger partial charge on any atom is -0.455 e. The van der Waals surface area contributed by atoms with Crippen molar-refractivity contribution in [3.05, 3.63) is 66.3 Å². The van der Waals surface area contributed by atoms with Gasteiger partial charge in [0.2, 0.25) is 0 Å². The molecule has 4 rings (SSSR count). The molecule has 26 heavy (non-hydrogen) atoms. The molecule has 0 radical (unpaired) electrons. The van der Waals surface area contributed by atoms with E-state index < -0.39 is 0 Å². The van der Waals surface area contributed by atoms with Crippen LogP contribution >= 0.6 is 27.3 Å². The highest BCUT2D eigenvalue weighted by atomic mass is 79.9. The van der Waals surface area contributed by atoms with Gasteiger partial charge in [0.05, 0.1) is 5.69 Å². The number of aryl methyl sites for hydroxylation is 1. The third-order valence-electron chi connectivity index (χ3n) is 4.56. The van der Waals surface area contributed by atoms with Gasteiger partial charge in [0, 0.05) is 21.6 Å². The molecule has 0 fully saturated rings. The molecule has 3 aromatic rings. The summed E-state index contributed by atoms with van der Waals surface area (Å²) in [5, 5.41) is 0. The second-order valence-corrected chi connectivity index (χ2v) is 8.70. The molecule has 0 N–H and O–H groups in total. The predicted octanol–water partition coefficient (Wildman–Crippen LogP) is 4.00. The van der Waals surface area contributed by atoms with Crippen LogP contribution in [-0.4, -0.2) is 15.4 Å². The number of hydrogen-bond donors (Lipinski definition) is 0. The number of aromatic nitrogens is 2. The third kappa shape index (κ3) is 3.46. The molecule has 1 atom stereocenters. The molecule has 5 nitrogen and oxygen atoms in total. The average molecular weight is 433 g/mol. The number of hydrogen-bond acceptors (Lipinski definition) is 5. The van der Waals surface area contributed by atoms with E-state index in [1.165, 1.54) is 38.7 Å². The fraction of sp³-hybridized carbons (Fsp3) is 0.316. The van der Waals surface area contributed by atoms with Crippen LogP contribution in [0.25, 0.3) is 5.65 Å². The molecule has 0 aliphatic heterocycles. The van der Waals surface area contributed by atoms with Crippen molar-refractivity contribution in [3.8, 4) is 0 Å². The first-order chi connectivity index (χ1) is 12.5. The van der Waals surface area contributed by atoms with E-state index in [1.807, 2.05) is 12.1 Å². The van der Waals surface area contributed by atoms with Crippen LogP contribution in [0, 0.1) is 5.92 Å². The first kappa shape index (κ1) is 17.4. The molecule has 0 spiro atoms. The average Bonchev–Trinajstić information content (AvgIpc) is 3.03. The molecule has 1 aliphatic rings. The monoisotopic (exact) mass is 432 g/mol. The molecule has 0 unspecified atom stereocenters. The molecule has 0 saturated heterocycles. The van der Waals surface area contributed by atoms with Gasteiger partial charge in [-0.05, 0) is 64.9 Å². The Kier molecular flexibility index (Phi) is 4.67. The van der Waals surface area contributed by atoms with Crippen molar-refractivity contribution >= 4 is 38.9 Å². The maximum atomic E-state index is 12.4. The van der Waals surface area contributed by atoms with Gasteiger partial charge in [-0.15, -0.1) is 11.3 Å². The van der Waals surface area contributed by atoms with Crippen LogP contribution in [0.1, 0.15) is 39.2 Å². The lowest BCUT2D eigenvalue weighted by molar-refractivity contribution is 0.0473. The number of pyridine rings is 1. The first-order valence-electron chi connectivity index (χ1n) is 8.46. The molecule has 0 amide bonds. The molecular formula is C19H17BrN2O3S. The van der Waals surface area contributed by atoms with Crippen molar-refractivity contribution in [2.24, 2.45) is 5.92 Å². The fourth-order valence-electron chi connectivity index (χ4n) is 3.22. The summed E-state index contributed by atoms with van der Waals surface area (Å²) in [5.74, 6) is 0.311. The maximum absolute atomic E-state index is 12.4. The van der Waals surface area contributed by atoms with E-state index in [1.54, 1.807) is 12.3 Å². The van der Waals surface area contributed by atoms with Gasteiger partial charge < -0.3 is 4.74 Å². The third-order valence-corrected chi connectivity index (χ3v) is 6.24. The SMILES string of the molecule is C[C@H]1CCc2sc(C(=O)OCc3cc(=O)n4cc(Br)ccc4n3)cc2C1. The first-order valence-corrected chi connectivity index (χ1v) is 10.1. The summed E-state index contributed by atoms with van der Waals surface area (Å²) in [4.78, 5) is 30.9. The highest BCUT2D eigenvalue weighted by Crippen LogP contribution is 2.32. The Labute approximate surface area is 162 Å². The summed E-state index contributed by atoms with van der Waals surface area (Å²) in [5.41, 5.74) is 2.03. The van der Waals surface area contributed by atoms with E-state index >= 15 is 0 Å². The topological polar surface area (TPSA) is 60.7 Å². The van der Waals surface area contributed by atoms with Gasteiger partial charge in [-0.3, -0.25) is 9.20 Å². The van der Waals surface area contributed by atoms with Gasteiger partial charge in [0.15, 0.2) is 0 Å². The zero-order valence-corrected chi connectivity index (χ0v) is 16.6. The Morgan fingerprint density at radius 3 is 3.12 bits per heavy atom. The van der Waals surface area contributed by atoms with Gasteiger partial charge in [-0.25, -0.2) is 9.78 Å². The van der Waals surface area contributed by atoms with Crippen LogP contribution in [0.4, 0.5) is 0 Å². The zero-order chi connectivity index (χ0) is 18.3. The van der Waals surface area contributed by atoms with Gasteiger partial charge in [0.25, 0.3) is 5.56 Å². The highest BCUT2D eigenvalue weighted by Gasteiger charge is 2.21. The number of halogens is 1. The van der Waals surface area contributed by atoms with Crippen LogP contribution in [0.15, 0.2) is 39.7 Å². The Hall–Kier alpha value is -1.99. The number of thiophene rings is 1. The molecule has 3 heterocycles. The van der Waals surface area contributed by atoms with Crippen molar-refractivity contribution in [2.45, 2.75) is 32.8 Å². The molecule has 0 saturated carbocycles. The van der Waals surface area contributed by atoms with Crippen LogP contribution in [0.2, 0.25) is 0 Å². The molecule has 0 aromatic carbocycles.